The Morgan fingerprint density at radius 1 is 1.36 bits per heavy atom. The number of allylic oxidation sites excluding steroid dienone is 2. The van der Waals surface area contributed by atoms with Crippen LogP contribution >= 0.6 is 0 Å². The molecule has 1 unspecified atom stereocenters. The summed E-state index contributed by atoms with van der Waals surface area (Å²) >= 11 is 0. The number of aromatic nitrogens is 2. The van der Waals surface area contributed by atoms with Crippen molar-refractivity contribution in [3.63, 3.8) is 0 Å². The van der Waals surface area contributed by atoms with Gasteiger partial charge in [0, 0.05) is 32.6 Å². The Balaban J connectivity index is 2.11. The molecular weight excluding hydrogens is 288 g/mol. The Morgan fingerprint density at radius 3 is 2.64 bits per heavy atom. The van der Waals surface area contributed by atoms with E-state index in [0.717, 1.165) is 0 Å². The zero-order valence-corrected chi connectivity index (χ0v) is 12.5. The minimum atomic E-state index is -0.902. The predicted octanol–water partition coefficient (Wildman–Crippen LogP) is 0.638. The van der Waals surface area contributed by atoms with Crippen LogP contribution in [0.3, 0.4) is 0 Å². The Hall–Kier alpha value is -2.64. The average Bonchev–Trinajstić information content (AvgIpc) is 2.96. The number of nitrogens with zero attached hydrogens (tertiary/aromatic N) is 3. The minimum absolute atomic E-state index is 0.118. The van der Waals surface area contributed by atoms with Gasteiger partial charge in [0.05, 0.1) is 5.70 Å². The normalized spacial score (nSPS) is 20.0. The molecule has 0 radical (unpaired) electrons. The van der Waals surface area contributed by atoms with Gasteiger partial charge in [-0.25, -0.2) is 9.78 Å². The fourth-order valence-corrected chi connectivity index (χ4v) is 3.06. The van der Waals surface area contributed by atoms with E-state index in [1.807, 2.05) is 0 Å². The third-order valence-electron chi connectivity index (χ3n) is 3.95. The smallest absolute Gasteiger partial charge is 0.405 e. The molecule has 22 heavy (non-hydrogen) atoms. The lowest BCUT2D eigenvalue weighted by molar-refractivity contribution is 0.0942. The lowest BCUT2D eigenvalue weighted by atomic mass is 9.95. The van der Waals surface area contributed by atoms with Crippen LogP contribution in [0, 0.1) is 0 Å². The van der Waals surface area contributed by atoms with Crippen molar-refractivity contribution in [3.8, 4) is 0 Å². The molecule has 0 saturated carbocycles. The van der Waals surface area contributed by atoms with Gasteiger partial charge in [0.2, 0.25) is 11.6 Å². The van der Waals surface area contributed by atoms with E-state index in [1.165, 1.54) is 0 Å². The molecule has 1 aromatic rings. The highest BCUT2D eigenvalue weighted by atomic mass is 16.6. The number of ether oxygens (including phenoxy) is 1. The van der Waals surface area contributed by atoms with Crippen LogP contribution in [0.1, 0.15) is 46.2 Å². The number of nitrogens with two attached hydrogens (primary N) is 1. The molecule has 2 heterocycles. The van der Waals surface area contributed by atoms with Gasteiger partial charge < -0.3 is 19.9 Å². The lowest BCUT2D eigenvalue weighted by Gasteiger charge is -2.22. The van der Waals surface area contributed by atoms with Crippen molar-refractivity contribution in [2.75, 3.05) is 14.1 Å². The second-order valence-electron chi connectivity index (χ2n) is 5.56. The fourth-order valence-electron chi connectivity index (χ4n) is 3.06. The Labute approximate surface area is 126 Å². The molecule has 0 bridgehead atoms. The summed E-state index contributed by atoms with van der Waals surface area (Å²) in [6, 6.07) is 0. The average molecular weight is 304 g/mol. The van der Waals surface area contributed by atoms with E-state index < -0.39 is 12.2 Å². The number of amides is 1. The van der Waals surface area contributed by atoms with Crippen molar-refractivity contribution in [1.29, 1.82) is 0 Å². The van der Waals surface area contributed by atoms with Crippen LogP contribution in [0.15, 0.2) is 11.3 Å². The number of hydrogen-bond donors (Lipinski definition) is 1. The highest BCUT2D eigenvalue weighted by Gasteiger charge is 2.41. The Kier molecular flexibility index (Phi) is 3.05. The molecular formula is C14H16N4O4. The van der Waals surface area contributed by atoms with Crippen LogP contribution in [0.2, 0.25) is 0 Å². The third-order valence-corrected chi connectivity index (χ3v) is 3.95. The number of likely N-dealkylation sites (N-methyl/N-ethyl adjacent to an activating group) is 1. The molecule has 2 N–H and O–H groups in total. The molecule has 8 nitrogen and oxygen atoms in total. The molecule has 1 aromatic heterocycles. The van der Waals surface area contributed by atoms with Gasteiger partial charge in [-0.2, -0.15) is 0 Å². The monoisotopic (exact) mass is 304 g/mol. The number of imidazole rings is 1. The zero-order chi connectivity index (χ0) is 16.2. The summed E-state index contributed by atoms with van der Waals surface area (Å²) in [5.41, 5.74) is 6.17. The van der Waals surface area contributed by atoms with Gasteiger partial charge in [0.1, 0.15) is 11.4 Å². The quantitative estimate of drug-likeness (QED) is 0.859. The standard InChI is InChI=1S/C14H16N4O4/c1-6-9(17(2)3)12(20)8-10(11(6)19)18-5-4-7(13(18)16-8)22-14(15)21/h7H,4-5H2,1-3H3,(H2,15,21). The third kappa shape index (κ3) is 1.83. The lowest BCUT2D eigenvalue weighted by Crippen LogP contribution is -2.30. The first-order valence-corrected chi connectivity index (χ1v) is 6.87. The van der Waals surface area contributed by atoms with Gasteiger partial charge in [0.25, 0.3) is 0 Å². The van der Waals surface area contributed by atoms with Gasteiger partial charge in [-0.15, -0.1) is 0 Å². The van der Waals surface area contributed by atoms with E-state index in [0.29, 0.717) is 30.1 Å². The van der Waals surface area contributed by atoms with Crippen molar-refractivity contribution in [2.24, 2.45) is 5.73 Å². The molecule has 1 aliphatic heterocycles. The maximum absolute atomic E-state index is 12.6. The first-order chi connectivity index (χ1) is 10.3. The largest absolute Gasteiger partial charge is 0.438 e. The number of carbonyl (C=O) groups is 3. The van der Waals surface area contributed by atoms with E-state index in [-0.39, 0.29) is 23.0 Å². The number of primary amides is 1. The maximum Gasteiger partial charge on any atom is 0.405 e. The van der Waals surface area contributed by atoms with Crippen LogP contribution < -0.4 is 5.73 Å². The number of hydrogen-bond acceptors (Lipinski definition) is 6. The van der Waals surface area contributed by atoms with Gasteiger partial charge in [0.15, 0.2) is 11.9 Å². The molecule has 1 amide bonds. The summed E-state index contributed by atoms with van der Waals surface area (Å²) in [5, 5.41) is 0. The van der Waals surface area contributed by atoms with Crippen molar-refractivity contribution >= 4 is 17.7 Å². The molecule has 1 aliphatic carbocycles. The fraction of sp³-hybridized carbons (Fsp3) is 0.429. The first kappa shape index (κ1) is 14.3. The Bertz CT molecular complexity index is 744. The molecule has 0 spiro atoms. The van der Waals surface area contributed by atoms with Gasteiger partial charge in [-0.3, -0.25) is 9.59 Å². The summed E-state index contributed by atoms with van der Waals surface area (Å²) in [6.07, 6.45) is -1.03. The van der Waals surface area contributed by atoms with E-state index >= 15 is 0 Å². The number of fused-ring (bicyclic) bond motifs is 3. The molecule has 116 valence electrons. The van der Waals surface area contributed by atoms with Crippen LogP contribution in [0.25, 0.3) is 0 Å². The van der Waals surface area contributed by atoms with Crippen molar-refractivity contribution < 1.29 is 19.1 Å². The zero-order valence-electron chi connectivity index (χ0n) is 12.5. The van der Waals surface area contributed by atoms with E-state index in [1.54, 1.807) is 30.5 Å². The molecule has 8 heteroatoms. The SMILES string of the molecule is CC1=C(N(C)C)C(=O)c2nc3n(c2C1=O)CCC3OC(N)=O. The highest BCUT2D eigenvalue weighted by molar-refractivity contribution is 6.25. The number of Topliss-reactive ketones (excluding diaryl/α,β-unsaturated/α-hetero) is 2. The summed E-state index contributed by atoms with van der Waals surface area (Å²) in [4.78, 5) is 42.0. The van der Waals surface area contributed by atoms with E-state index in [2.05, 4.69) is 4.98 Å². The van der Waals surface area contributed by atoms with Gasteiger partial charge >= 0.3 is 6.09 Å². The number of ketones is 2. The molecule has 0 aromatic carbocycles. The molecule has 2 aliphatic rings. The molecule has 3 rings (SSSR count). The van der Waals surface area contributed by atoms with Crippen molar-refractivity contribution in [2.45, 2.75) is 26.0 Å². The predicted molar refractivity (Wildman–Crippen MR) is 75.3 cm³/mol. The van der Waals surface area contributed by atoms with E-state index in [4.69, 9.17) is 10.5 Å². The summed E-state index contributed by atoms with van der Waals surface area (Å²) < 4.78 is 6.65. The first-order valence-electron chi connectivity index (χ1n) is 6.87. The number of rotatable bonds is 2. The topological polar surface area (TPSA) is 108 Å². The van der Waals surface area contributed by atoms with Crippen molar-refractivity contribution in [3.05, 3.63) is 28.5 Å². The minimum Gasteiger partial charge on any atom is -0.438 e. The van der Waals surface area contributed by atoms with Crippen LogP contribution in [-0.4, -0.2) is 46.2 Å². The second kappa shape index (κ2) is 4.69. The van der Waals surface area contributed by atoms with Crippen LogP contribution in [0.5, 0.6) is 0 Å². The maximum atomic E-state index is 12.6. The van der Waals surface area contributed by atoms with Crippen molar-refractivity contribution in [1.82, 2.24) is 14.5 Å². The summed E-state index contributed by atoms with van der Waals surface area (Å²) in [7, 11) is 3.41. The summed E-state index contributed by atoms with van der Waals surface area (Å²) in [6.45, 7) is 2.09. The van der Waals surface area contributed by atoms with Gasteiger partial charge in [-0.1, -0.05) is 0 Å². The molecule has 0 saturated heterocycles. The van der Waals surface area contributed by atoms with E-state index in [9.17, 15) is 14.4 Å². The van der Waals surface area contributed by atoms with Gasteiger partial charge in [-0.05, 0) is 6.92 Å². The van der Waals surface area contributed by atoms with Crippen LogP contribution in [0.4, 0.5) is 4.79 Å². The Morgan fingerprint density at radius 2 is 2.05 bits per heavy atom. The highest BCUT2D eigenvalue weighted by Crippen LogP contribution is 2.35. The van der Waals surface area contributed by atoms with Crippen LogP contribution in [-0.2, 0) is 11.3 Å². The summed E-state index contributed by atoms with van der Waals surface area (Å²) in [5.74, 6) is -0.119. The molecule has 0 fully saturated rings. The second-order valence-corrected chi connectivity index (χ2v) is 5.56. The number of carbonyl (C=O) groups excluding carboxylic acids is 3. The molecule has 1 atom stereocenters.